The van der Waals surface area contributed by atoms with Gasteiger partial charge in [-0.15, -0.1) is 0 Å². The van der Waals surface area contributed by atoms with Crippen molar-refractivity contribution < 1.29 is 4.79 Å². The second-order valence-electron chi connectivity index (χ2n) is 7.44. The van der Waals surface area contributed by atoms with Gasteiger partial charge < -0.3 is 4.90 Å². The molecule has 4 heteroatoms. The Labute approximate surface area is 143 Å². The van der Waals surface area contributed by atoms with Crippen LogP contribution < -0.4 is 0 Å². The number of carbonyl (C=O) groups is 1. The predicted octanol–water partition coefficient (Wildman–Crippen LogP) is 3.47. The highest BCUT2D eigenvalue weighted by Crippen LogP contribution is 2.49. The zero-order chi connectivity index (χ0) is 16.7. The van der Waals surface area contributed by atoms with Crippen LogP contribution in [-0.2, 0) is 4.79 Å². The first-order valence-electron chi connectivity index (χ1n) is 8.98. The van der Waals surface area contributed by atoms with Crippen molar-refractivity contribution in [2.24, 2.45) is 5.92 Å². The Morgan fingerprint density at radius 3 is 2.88 bits per heavy atom. The molecule has 0 spiro atoms. The Hall–Kier alpha value is -2.10. The van der Waals surface area contributed by atoms with Crippen LogP contribution in [0.15, 0.2) is 36.7 Å². The van der Waals surface area contributed by atoms with Gasteiger partial charge >= 0.3 is 0 Å². The van der Waals surface area contributed by atoms with E-state index < -0.39 is 0 Å². The van der Waals surface area contributed by atoms with Crippen LogP contribution >= 0.6 is 0 Å². The van der Waals surface area contributed by atoms with Gasteiger partial charge in [-0.1, -0.05) is 29.8 Å². The van der Waals surface area contributed by atoms with Crippen molar-refractivity contribution in [2.75, 3.05) is 13.1 Å². The van der Waals surface area contributed by atoms with Gasteiger partial charge in [0.1, 0.15) is 0 Å². The lowest BCUT2D eigenvalue weighted by Gasteiger charge is -2.33. The van der Waals surface area contributed by atoms with Crippen molar-refractivity contribution in [3.63, 3.8) is 0 Å². The smallest absolute Gasteiger partial charge is 0.226 e. The molecule has 1 aliphatic carbocycles. The number of hydrogen-bond donors (Lipinski definition) is 0. The molecule has 2 heterocycles. The number of benzene rings is 1. The number of rotatable bonds is 3. The third-order valence-electron chi connectivity index (χ3n) is 5.39. The van der Waals surface area contributed by atoms with Crippen LogP contribution in [-0.4, -0.2) is 33.7 Å². The number of hydrogen-bond acceptors (Lipinski definition) is 2. The average molecular weight is 323 g/mol. The topological polar surface area (TPSA) is 38.1 Å². The second kappa shape index (κ2) is 6.08. The van der Waals surface area contributed by atoms with E-state index in [1.165, 1.54) is 16.7 Å². The quantitative estimate of drug-likeness (QED) is 0.867. The molecule has 1 saturated carbocycles. The van der Waals surface area contributed by atoms with Crippen molar-refractivity contribution >= 4 is 5.91 Å². The summed E-state index contributed by atoms with van der Waals surface area (Å²) in [5.74, 6) is 0.949. The third-order valence-corrected chi connectivity index (χ3v) is 5.39. The van der Waals surface area contributed by atoms with E-state index in [0.717, 1.165) is 32.4 Å². The van der Waals surface area contributed by atoms with Gasteiger partial charge in [-0.2, -0.15) is 5.10 Å². The molecule has 3 atom stereocenters. The number of likely N-dealkylation sites (tertiary alicyclic amines) is 1. The molecule has 3 unspecified atom stereocenters. The summed E-state index contributed by atoms with van der Waals surface area (Å²) >= 11 is 0. The Balaban J connectivity index is 1.42. The number of aromatic nitrogens is 2. The summed E-state index contributed by atoms with van der Waals surface area (Å²) in [6.45, 7) is 5.87. The lowest BCUT2D eigenvalue weighted by Crippen LogP contribution is -2.41. The average Bonchev–Trinajstić information content (AvgIpc) is 3.28. The third kappa shape index (κ3) is 2.97. The van der Waals surface area contributed by atoms with Crippen LogP contribution in [0.3, 0.4) is 0 Å². The molecule has 2 aromatic rings. The van der Waals surface area contributed by atoms with Crippen LogP contribution in [0.1, 0.15) is 47.9 Å². The van der Waals surface area contributed by atoms with Crippen molar-refractivity contribution in [3.8, 4) is 0 Å². The first kappa shape index (κ1) is 15.4. The van der Waals surface area contributed by atoms with Crippen molar-refractivity contribution in [1.82, 2.24) is 14.7 Å². The lowest BCUT2D eigenvalue weighted by atomic mass is 10.0. The highest BCUT2D eigenvalue weighted by molar-refractivity contribution is 5.83. The summed E-state index contributed by atoms with van der Waals surface area (Å²) < 4.78 is 2.04. The van der Waals surface area contributed by atoms with Gasteiger partial charge in [-0.05, 0) is 50.2 Å². The van der Waals surface area contributed by atoms with Crippen LogP contribution in [0.25, 0.3) is 0 Å². The largest absolute Gasteiger partial charge is 0.340 e. The van der Waals surface area contributed by atoms with Crippen LogP contribution in [0.2, 0.25) is 0 Å². The minimum Gasteiger partial charge on any atom is -0.340 e. The summed E-state index contributed by atoms with van der Waals surface area (Å²) in [7, 11) is 0. The van der Waals surface area contributed by atoms with Crippen molar-refractivity contribution in [1.29, 1.82) is 0 Å². The fourth-order valence-electron chi connectivity index (χ4n) is 3.98. The molecule has 1 aromatic carbocycles. The number of amides is 1. The van der Waals surface area contributed by atoms with Crippen molar-refractivity contribution in [2.45, 2.75) is 45.1 Å². The van der Waals surface area contributed by atoms with Gasteiger partial charge in [0.25, 0.3) is 0 Å². The minimum absolute atomic E-state index is 0.185. The molecular formula is C20H25N3O. The second-order valence-corrected chi connectivity index (χ2v) is 7.44. The van der Waals surface area contributed by atoms with E-state index in [1.807, 2.05) is 10.9 Å². The molecule has 4 nitrogen and oxygen atoms in total. The monoisotopic (exact) mass is 323 g/mol. The van der Waals surface area contributed by atoms with E-state index in [4.69, 9.17) is 0 Å². The van der Waals surface area contributed by atoms with Crippen molar-refractivity contribution in [3.05, 3.63) is 53.3 Å². The highest BCUT2D eigenvalue weighted by atomic mass is 16.2. The molecule has 4 rings (SSSR count). The standard InChI is InChI=1S/C20H25N3O/c1-14-5-3-6-16(9-14)18-10-19(18)20(24)22-8-4-7-17(13-22)23-12-15(2)11-21-23/h3,5-6,9,11-12,17-19H,4,7-8,10,13H2,1-2H3. The van der Waals surface area contributed by atoms with Gasteiger partial charge in [0.15, 0.2) is 0 Å². The van der Waals surface area contributed by atoms with Crippen LogP contribution in [0, 0.1) is 19.8 Å². The number of carbonyl (C=O) groups excluding carboxylic acids is 1. The van der Waals surface area contributed by atoms with Gasteiger partial charge in [0, 0.05) is 25.2 Å². The van der Waals surface area contributed by atoms with E-state index in [-0.39, 0.29) is 5.92 Å². The van der Waals surface area contributed by atoms with Crippen LogP contribution in [0.4, 0.5) is 0 Å². The highest BCUT2D eigenvalue weighted by Gasteiger charge is 2.46. The summed E-state index contributed by atoms with van der Waals surface area (Å²) in [4.78, 5) is 15.0. The fourth-order valence-corrected chi connectivity index (χ4v) is 3.98. The summed E-state index contributed by atoms with van der Waals surface area (Å²) in [5, 5.41) is 4.44. The predicted molar refractivity (Wildman–Crippen MR) is 93.8 cm³/mol. The molecule has 1 saturated heterocycles. The maximum atomic E-state index is 12.9. The molecule has 0 bridgehead atoms. The number of nitrogens with zero attached hydrogens (tertiary/aromatic N) is 3. The Kier molecular flexibility index (Phi) is 3.91. The molecule has 0 N–H and O–H groups in total. The Morgan fingerprint density at radius 1 is 1.25 bits per heavy atom. The molecule has 2 fully saturated rings. The normalized spacial score (nSPS) is 26.4. The Bertz CT molecular complexity index is 751. The molecular weight excluding hydrogens is 298 g/mol. The van der Waals surface area contributed by atoms with Gasteiger partial charge in [-0.25, -0.2) is 0 Å². The van der Waals surface area contributed by atoms with E-state index in [9.17, 15) is 4.79 Å². The number of aryl methyl sites for hydroxylation is 2. The first-order valence-corrected chi connectivity index (χ1v) is 8.98. The van der Waals surface area contributed by atoms with Gasteiger partial charge in [0.2, 0.25) is 5.91 Å². The zero-order valence-corrected chi connectivity index (χ0v) is 14.5. The van der Waals surface area contributed by atoms with Gasteiger partial charge in [-0.3, -0.25) is 9.48 Å². The first-order chi connectivity index (χ1) is 11.6. The molecule has 24 heavy (non-hydrogen) atoms. The Morgan fingerprint density at radius 2 is 2.12 bits per heavy atom. The zero-order valence-electron chi connectivity index (χ0n) is 14.5. The molecule has 0 radical (unpaired) electrons. The lowest BCUT2D eigenvalue weighted by molar-refractivity contribution is -0.134. The van der Waals surface area contributed by atoms with E-state index in [1.54, 1.807) is 0 Å². The molecule has 1 amide bonds. The molecule has 126 valence electrons. The summed E-state index contributed by atoms with van der Waals surface area (Å²) in [6, 6.07) is 8.93. The maximum Gasteiger partial charge on any atom is 0.226 e. The molecule has 1 aromatic heterocycles. The van der Waals surface area contributed by atoms with E-state index >= 15 is 0 Å². The fraction of sp³-hybridized carbons (Fsp3) is 0.500. The SMILES string of the molecule is Cc1cccc(C2CC2C(=O)N2CCCC(n3cc(C)cn3)C2)c1. The number of piperidine rings is 1. The summed E-state index contributed by atoms with van der Waals surface area (Å²) in [5.41, 5.74) is 3.78. The van der Waals surface area contributed by atoms with E-state index in [0.29, 0.717) is 17.9 Å². The molecule has 2 aliphatic rings. The summed E-state index contributed by atoms with van der Waals surface area (Å²) in [6.07, 6.45) is 7.17. The minimum atomic E-state index is 0.185. The maximum absolute atomic E-state index is 12.9. The van der Waals surface area contributed by atoms with Crippen LogP contribution in [0.5, 0.6) is 0 Å². The molecule has 1 aliphatic heterocycles. The van der Waals surface area contributed by atoms with Gasteiger partial charge in [0.05, 0.1) is 12.2 Å². The van der Waals surface area contributed by atoms with E-state index in [2.05, 4.69) is 54.3 Å².